The molecule has 0 unspecified atom stereocenters. The number of carbonyl (C=O) groups is 2. The normalized spacial score (nSPS) is 9.75. The van der Waals surface area contributed by atoms with Crippen LogP contribution in [0.25, 0.3) is 0 Å². The van der Waals surface area contributed by atoms with E-state index in [1.165, 1.54) is 13.8 Å². The number of carbonyl (C=O) groups excluding carboxylic acids is 2. The van der Waals surface area contributed by atoms with E-state index >= 15 is 0 Å². The first-order valence-electron chi connectivity index (χ1n) is 4.88. The van der Waals surface area contributed by atoms with Gasteiger partial charge in [-0.25, -0.2) is 0 Å². The topological polar surface area (TPSA) is 52.6 Å². The van der Waals surface area contributed by atoms with Gasteiger partial charge in [0.2, 0.25) is 0 Å². The summed E-state index contributed by atoms with van der Waals surface area (Å²) in [5.41, 5.74) is 1.69. The van der Waals surface area contributed by atoms with Crippen LogP contribution in [0.15, 0.2) is 12.1 Å². The van der Waals surface area contributed by atoms with Gasteiger partial charge in [0.05, 0.1) is 0 Å². The fraction of sp³-hybridized carbons (Fsp3) is 0.333. The van der Waals surface area contributed by atoms with Crippen LogP contribution in [0.4, 0.5) is 0 Å². The van der Waals surface area contributed by atoms with Gasteiger partial charge in [-0.15, -0.1) is 0 Å². The molecule has 4 nitrogen and oxygen atoms in total. The Morgan fingerprint density at radius 3 is 2.06 bits per heavy atom. The molecule has 0 fully saturated rings. The van der Waals surface area contributed by atoms with Gasteiger partial charge in [0.25, 0.3) is 0 Å². The summed E-state index contributed by atoms with van der Waals surface area (Å²) in [5.74, 6) is -0.313. The molecule has 0 spiro atoms. The number of benzene rings is 1. The first-order chi connectivity index (χ1) is 7.40. The zero-order valence-electron chi connectivity index (χ0n) is 9.79. The van der Waals surface area contributed by atoms with Gasteiger partial charge in [0, 0.05) is 13.8 Å². The summed E-state index contributed by atoms with van der Waals surface area (Å²) in [4.78, 5) is 21.8. The molecule has 86 valence electrons. The molecule has 0 aliphatic rings. The van der Waals surface area contributed by atoms with Gasteiger partial charge in [-0.05, 0) is 31.0 Å². The van der Waals surface area contributed by atoms with E-state index in [2.05, 4.69) is 0 Å². The molecule has 4 heteroatoms. The summed E-state index contributed by atoms with van der Waals surface area (Å²) in [5, 5.41) is 0. The summed E-state index contributed by atoms with van der Waals surface area (Å²) in [7, 11) is 0. The second-order valence-corrected chi connectivity index (χ2v) is 3.60. The number of hydrogen-bond donors (Lipinski definition) is 0. The quantitative estimate of drug-likeness (QED) is 0.568. The molecule has 0 saturated heterocycles. The van der Waals surface area contributed by atoms with Crippen molar-refractivity contribution in [2.24, 2.45) is 0 Å². The molecule has 0 amide bonds. The number of hydrogen-bond acceptors (Lipinski definition) is 4. The first kappa shape index (κ1) is 12.2. The molecular weight excluding hydrogens is 208 g/mol. The van der Waals surface area contributed by atoms with E-state index in [0.29, 0.717) is 5.75 Å². The average Bonchev–Trinajstić information content (AvgIpc) is 2.09. The van der Waals surface area contributed by atoms with E-state index in [1.54, 1.807) is 13.0 Å². The van der Waals surface area contributed by atoms with Gasteiger partial charge in [0.15, 0.2) is 11.5 Å². The lowest BCUT2D eigenvalue weighted by Crippen LogP contribution is -2.08. The standard InChI is InChI=1S/C12H14O4/c1-7-5-8(2)12(16-10(4)14)11(6-7)15-9(3)13/h5-6H,1-4H3. The van der Waals surface area contributed by atoms with E-state index in [1.807, 2.05) is 13.0 Å². The zero-order valence-corrected chi connectivity index (χ0v) is 9.79. The highest BCUT2D eigenvalue weighted by molar-refractivity contribution is 5.74. The number of ether oxygens (including phenoxy) is 2. The van der Waals surface area contributed by atoms with Crippen LogP contribution < -0.4 is 9.47 Å². The van der Waals surface area contributed by atoms with Crippen LogP contribution in [-0.2, 0) is 9.59 Å². The lowest BCUT2D eigenvalue weighted by Gasteiger charge is -2.12. The van der Waals surface area contributed by atoms with Crippen LogP contribution in [-0.4, -0.2) is 11.9 Å². The van der Waals surface area contributed by atoms with Crippen LogP contribution in [0.5, 0.6) is 11.5 Å². The summed E-state index contributed by atoms with van der Waals surface area (Å²) in [6.45, 7) is 6.27. The van der Waals surface area contributed by atoms with Crippen molar-refractivity contribution in [2.75, 3.05) is 0 Å². The molecule has 1 aromatic carbocycles. The maximum Gasteiger partial charge on any atom is 0.308 e. The molecule has 0 saturated carbocycles. The highest BCUT2D eigenvalue weighted by Gasteiger charge is 2.13. The van der Waals surface area contributed by atoms with E-state index in [4.69, 9.17) is 9.47 Å². The van der Waals surface area contributed by atoms with Gasteiger partial charge in [-0.2, -0.15) is 0 Å². The van der Waals surface area contributed by atoms with Crippen LogP contribution in [0.1, 0.15) is 25.0 Å². The van der Waals surface area contributed by atoms with E-state index in [-0.39, 0.29) is 5.75 Å². The number of esters is 2. The van der Waals surface area contributed by atoms with Crippen molar-refractivity contribution in [2.45, 2.75) is 27.7 Å². The minimum absolute atomic E-state index is 0.278. The highest BCUT2D eigenvalue weighted by atomic mass is 16.6. The Labute approximate surface area is 94.2 Å². The van der Waals surface area contributed by atoms with Crippen LogP contribution in [0, 0.1) is 13.8 Å². The Morgan fingerprint density at radius 2 is 1.56 bits per heavy atom. The molecule has 1 aromatic rings. The second-order valence-electron chi connectivity index (χ2n) is 3.60. The third kappa shape index (κ3) is 3.08. The van der Waals surface area contributed by atoms with E-state index in [0.717, 1.165) is 11.1 Å². The average molecular weight is 222 g/mol. The van der Waals surface area contributed by atoms with Crippen molar-refractivity contribution in [1.29, 1.82) is 0 Å². The molecule has 0 radical (unpaired) electrons. The lowest BCUT2D eigenvalue weighted by molar-refractivity contribution is -0.134. The van der Waals surface area contributed by atoms with Gasteiger partial charge < -0.3 is 9.47 Å². The van der Waals surface area contributed by atoms with E-state index < -0.39 is 11.9 Å². The predicted molar refractivity (Wildman–Crippen MR) is 58.5 cm³/mol. The Morgan fingerprint density at radius 1 is 1.00 bits per heavy atom. The van der Waals surface area contributed by atoms with Gasteiger partial charge in [-0.1, -0.05) is 6.07 Å². The van der Waals surface area contributed by atoms with Crippen LogP contribution >= 0.6 is 0 Å². The van der Waals surface area contributed by atoms with Crippen LogP contribution in [0.3, 0.4) is 0 Å². The van der Waals surface area contributed by atoms with Crippen molar-refractivity contribution in [3.8, 4) is 11.5 Å². The molecule has 0 aliphatic heterocycles. The third-order valence-electron chi connectivity index (χ3n) is 1.88. The smallest absolute Gasteiger partial charge is 0.308 e. The van der Waals surface area contributed by atoms with Crippen molar-refractivity contribution in [3.05, 3.63) is 23.3 Å². The molecule has 1 rings (SSSR count). The minimum atomic E-state index is -0.446. The minimum Gasteiger partial charge on any atom is -0.423 e. The Kier molecular flexibility index (Phi) is 3.66. The zero-order chi connectivity index (χ0) is 12.3. The fourth-order valence-corrected chi connectivity index (χ4v) is 1.42. The fourth-order valence-electron chi connectivity index (χ4n) is 1.42. The summed E-state index contributed by atoms with van der Waals surface area (Å²) in [6.07, 6.45) is 0. The van der Waals surface area contributed by atoms with Gasteiger partial charge >= 0.3 is 11.9 Å². The number of rotatable bonds is 2. The Bertz CT molecular complexity index is 435. The highest BCUT2D eigenvalue weighted by Crippen LogP contribution is 2.32. The molecule has 0 aromatic heterocycles. The van der Waals surface area contributed by atoms with E-state index in [9.17, 15) is 9.59 Å². The third-order valence-corrected chi connectivity index (χ3v) is 1.88. The molecule has 0 bridgehead atoms. The maximum absolute atomic E-state index is 10.9. The molecule has 0 aliphatic carbocycles. The molecular formula is C12H14O4. The first-order valence-corrected chi connectivity index (χ1v) is 4.88. The van der Waals surface area contributed by atoms with Crippen LogP contribution in [0.2, 0.25) is 0 Å². The summed E-state index contributed by atoms with van der Waals surface area (Å²) in [6, 6.07) is 3.51. The molecule has 0 N–H and O–H groups in total. The Hall–Kier alpha value is -1.84. The molecule has 0 heterocycles. The monoisotopic (exact) mass is 222 g/mol. The summed E-state index contributed by atoms with van der Waals surface area (Å²) < 4.78 is 10.0. The molecule has 0 atom stereocenters. The maximum atomic E-state index is 10.9. The van der Waals surface area contributed by atoms with Crippen molar-refractivity contribution < 1.29 is 19.1 Å². The van der Waals surface area contributed by atoms with Crippen molar-refractivity contribution >= 4 is 11.9 Å². The number of aryl methyl sites for hydroxylation is 2. The van der Waals surface area contributed by atoms with Crippen molar-refractivity contribution in [1.82, 2.24) is 0 Å². The molecule has 16 heavy (non-hydrogen) atoms. The Balaban J connectivity index is 3.20. The van der Waals surface area contributed by atoms with Gasteiger partial charge in [-0.3, -0.25) is 9.59 Å². The predicted octanol–water partition coefficient (Wildman–Crippen LogP) is 2.15. The van der Waals surface area contributed by atoms with Crippen molar-refractivity contribution in [3.63, 3.8) is 0 Å². The SMILES string of the molecule is CC(=O)Oc1cc(C)cc(C)c1OC(C)=O. The van der Waals surface area contributed by atoms with Gasteiger partial charge in [0.1, 0.15) is 0 Å². The largest absolute Gasteiger partial charge is 0.423 e. The lowest BCUT2D eigenvalue weighted by atomic mass is 10.1. The summed E-state index contributed by atoms with van der Waals surface area (Å²) >= 11 is 0. The second kappa shape index (κ2) is 4.79.